The van der Waals surface area contributed by atoms with Crippen LogP contribution in [0.4, 0.5) is 0 Å². The zero-order valence-electron chi connectivity index (χ0n) is 13.9. The zero-order valence-corrected chi connectivity index (χ0v) is 15.5. The van der Waals surface area contributed by atoms with Crippen LogP contribution < -0.4 is 10.1 Å². The first kappa shape index (κ1) is 19.3. The topological polar surface area (TPSA) is 55.4 Å². The van der Waals surface area contributed by atoms with E-state index < -0.39 is 0 Å². The molecule has 0 fully saturated rings. The summed E-state index contributed by atoms with van der Waals surface area (Å²) in [6.07, 6.45) is 3.56. The lowest BCUT2D eigenvalue weighted by Crippen LogP contribution is -2.32. The van der Waals surface area contributed by atoms with Crippen LogP contribution in [0.3, 0.4) is 0 Å². The summed E-state index contributed by atoms with van der Waals surface area (Å²) in [7, 11) is 0. The molecule has 2 aromatic rings. The molecule has 1 atom stereocenters. The Morgan fingerprint density at radius 3 is 2.60 bits per heavy atom. The van der Waals surface area contributed by atoms with Crippen LogP contribution in [0.1, 0.15) is 11.1 Å². The van der Waals surface area contributed by atoms with Gasteiger partial charge in [0.05, 0.1) is 11.9 Å². The highest BCUT2D eigenvalue weighted by molar-refractivity contribution is 7.99. The van der Waals surface area contributed by atoms with Crippen LogP contribution in [-0.2, 0) is 22.4 Å². The number of carbonyl (C=O) groups is 2. The van der Waals surface area contributed by atoms with Crippen molar-refractivity contribution in [3.8, 4) is 5.75 Å². The molecule has 2 rings (SSSR count). The highest BCUT2D eigenvalue weighted by atomic mass is 35.5. The predicted molar refractivity (Wildman–Crippen MR) is 102 cm³/mol. The molecule has 132 valence electrons. The Morgan fingerprint density at radius 2 is 1.96 bits per heavy atom. The van der Waals surface area contributed by atoms with E-state index in [1.165, 1.54) is 11.8 Å². The van der Waals surface area contributed by atoms with Gasteiger partial charge in [0, 0.05) is 11.4 Å². The van der Waals surface area contributed by atoms with Crippen molar-refractivity contribution < 1.29 is 14.3 Å². The van der Waals surface area contributed by atoms with Gasteiger partial charge in [-0.05, 0) is 42.0 Å². The molecule has 2 aromatic carbocycles. The molecule has 0 bridgehead atoms. The Hall–Kier alpha value is -1.98. The normalized spacial score (nSPS) is 11.6. The number of nitrogens with one attached hydrogen (secondary N) is 1. The van der Waals surface area contributed by atoms with Crippen LogP contribution in [0.2, 0.25) is 5.02 Å². The monoisotopic (exact) mass is 377 g/mol. The molecule has 4 nitrogen and oxygen atoms in total. The largest absolute Gasteiger partial charge is 0.493 e. The lowest BCUT2D eigenvalue weighted by molar-refractivity contribution is -0.124. The number of ether oxygens (including phenoxy) is 1. The fourth-order valence-electron chi connectivity index (χ4n) is 2.35. The number of hydrogen-bond acceptors (Lipinski definition) is 4. The minimum Gasteiger partial charge on any atom is -0.493 e. The molecule has 25 heavy (non-hydrogen) atoms. The molecule has 0 saturated carbocycles. The quantitative estimate of drug-likeness (QED) is 0.679. The van der Waals surface area contributed by atoms with Gasteiger partial charge in [0.15, 0.2) is 0 Å². The molecule has 0 aliphatic rings. The fourth-order valence-corrected chi connectivity index (χ4v) is 3.22. The summed E-state index contributed by atoms with van der Waals surface area (Å²) in [6.45, 7) is 0.540. The minimum atomic E-state index is -0.294. The van der Waals surface area contributed by atoms with Crippen molar-refractivity contribution in [1.82, 2.24) is 5.32 Å². The number of imide groups is 1. The van der Waals surface area contributed by atoms with Crippen LogP contribution in [0, 0.1) is 0 Å². The van der Waals surface area contributed by atoms with Gasteiger partial charge in [0.1, 0.15) is 5.75 Å². The van der Waals surface area contributed by atoms with E-state index >= 15 is 0 Å². The smallest absolute Gasteiger partial charge is 0.239 e. The highest BCUT2D eigenvalue weighted by Gasteiger charge is 2.17. The first-order valence-electron chi connectivity index (χ1n) is 7.86. The van der Waals surface area contributed by atoms with Crippen molar-refractivity contribution in [2.75, 3.05) is 12.9 Å². The van der Waals surface area contributed by atoms with E-state index in [-0.39, 0.29) is 11.2 Å². The summed E-state index contributed by atoms with van der Waals surface area (Å²) >= 11 is 7.54. The molecule has 6 heteroatoms. The second-order valence-electron chi connectivity index (χ2n) is 5.39. The molecule has 0 heterocycles. The Morgan fingerprint density at radius 1 is 1.24 bits per heavy atom. The Labute approximate surface area is 156 Å². The molecular formula is C19H20ClNO3S. The maximum atomic E-state index is 11.8. The summed E-state index contributed by atoms with van der Waals surface area (Å²) in [4.78, 5) is 22.1. The van der Waals surface area contributed by atoms with Crippen LogP contribution in [0.15, 0.2) is 48.5 Å². The summed E-state index contributed by atoms with van der Waals surface area (Å²) < 4.78 is 5.75. The first-order chi connectivity index (χ1) is 12.1. The standard InChI is InChI=1S/C19H20ClNO3S/c1-25-18(19(23)21-13-22)12-14-6-8-16(9-7-14)24-11-10-15-4-2-3-5-17(15)20/h2-9,13,18H,10-12H2,1H3,(H,21,22,23). The maximum Gasteiger partial charge on any atom is 0.239 e. The van der Waals surface area contributed by atoms with Gasteiger partial charge in [-0.2, -0.15) is 11.8 Å². The summed E-state index contributed by atoms with van der Waals surface area (Å²) in [5.74, 6) is 0.497. The SMILES string of the molecule is CSC(Cc1ccc(OCCc2ccccc2Cl)cc1)C(=O)NC=O. The van der Waals surface area contributed by atoms with Gasteiger partial charge < -0.3 is 4.74 Å². The summed E-state index contributed by atoms with van der Waals surface area (Å²) in [6, 6.07) is 15.4. The Kier molecular flexibility index (Phi) is 7.82. The zero-order chi connectivity index (χ0) is 18.1. The molecule has 0 spiro atoms. The summed E-state index contributed by atoms with van der Waals surface area (Å²) in [5, 5.41) is 2.65. The van der Waals surface area contributed by atoms with Gasteiger partial charge in [-0.1, -0.05) is 41.9 Å². The second kappa shape index (κ2) is 10.1. The highest BCUT2D eigenvalue weighted by Crippen LogP contribution is 2.19. The minimum absolute atomic E-state index is 0.275. The van der Waals surface area contributed by atoms with Gasteiger partial charge in [0.25, 0.3) is 0 Å². The Balaban J connectivity index is 1.86. The maximum absolute atomic E-state index is 11.8. The molecule has 2 amide bonds. The Bertz CT molecular complexity index is 706. The fraction of sp³-hybridized carbons (Fsp3) is 0.263. The van der Waals surface area contributed by atoms with Crippen molar-refractivity contribution in [1.29, 1.82) is 0 Å². The van der Waals surface area contributed by atoms with E-state index in [2.05, 4.69) is 5.32 Å². The third-order valence-electron chi connectivity index (χ3n) is 3.72. The lowest BCUT2D eigenvalue weighted by Gasteiger charge is -2.13. The van der Waals surface area contributed by atoms with E-state index in [0.717, 1.165) is 28.3 Å². The van der Waals surface area contributed by atoms with Crippen LogP contribution >= 0.6 is 23.4 Å². The number of amides is 2. The van der Waals surface area contributed by atoms with Gasteiger partial charge in [-0.15, -0.1) is 0 Å². The van der Waals surface area contributed by atoms with Crippen LogP contribution in [0.25, 0.3) is 0 Å². The van der Waals surface area contributed by atoms with Crippen molar-refractivity contribution in [2.24, 2.45) is 0 Å². The number of hydrogen-bond donors (Lipinski definition) is 1. The average molecular weight is 378 g/mol. The number of benzene rings is 2. The van der Waals surface area contributed by atoms with E-state index in [0.29, 0.717) is 19.4 Å². The molecule has 0 aliphatic heterocycles. The lowest BCUT2D eigenvalue weighted by atomic mass is 10.1. The summed E-state index contributed by atoms with van der Waals surface area (Å²) in [5.41, 5.74) is 2.07. The number of rotatable bonds is 9. The van der Waals surface area contributed by atoms with Crippen molar-refractivity contribution in [3.05, 3.63) is 64.7 Å². The van der Waals surface area contributed by atoms with Crippen molar-refractivity contribution >= 4 is 35.7 Å². The molecule has 1 N–H and O–H groups in total. The van der Waals surface area contributed by atoms with Gasteiger partial charge in [-0.25, -0.2) is 0 Å². The molecule has 0 aromatic heterocycles. The van der Waals surface area contributed by atoms with Crippen molar-refractivity contribution in [3.63, 3.8) is 0 Å². The average Bonchev–Trinajstić information content (AvgIpc) is 2.62. The first-order valence-corrected chi connectivity index (χ1v) is 9.52. The van der Waals surface area contributed by atoms with E-state index in [4.69, 9.17) is 16.3 Å². The van der Waals surface area contributed by atoms with Crippen molar-refractivity contribution in [2.45, 2.75) is 18.1 Å². The second-order valence-corrected chi connectivity index (χ2v) is 6.84. The van der Waals surface area contributed by atoms with E-state index in [1.807, 2.05) is 54.8 Å². The molecule has 0 aliphatic carbocycles. The third kappa shape index (κ3) is 6.11. The molecule has 0 radical (unpaired) electrons. The van der Waals surface area contributed by atoms with Crippen LogP contribution in [0.5, 0.6) is 5.75 Å². The predicted octanol–water partition coefficient (Wildman–Crippen LogP) is 3.51. The van der Waals surface area contributed by atoms with E-state index in [9.17, 15) is 9.59 Å². The molecule has 1 unspecified atom stereocenters. The van der Waals surface area contributed by atoms with Gasteiger partial charge >= 0.3 is 0 Å². The third-order valence-corrected chi connectivity index (χ3v) is 5.04. The van der Waals surface area contributed by atoms with Gasteiger partial charge in [-0.3, -0.25) is 14.9 Å². The number of carbonyl (C=O) groups excluding carboxylic acids is 2. The van der Waals surface area contributed by atoms with Crippen LogP contribution in [-0.4, -0.2) is 30.4 Å². The molecule has 0 saturated heterocycles. The molecular weight excluding hydrogens is 358 g/mol. The van der Waals surface area contributed by atoms with Gasteiger partial charge in [0.2, 0.25) is 12.3 Å². The van der Waals surface area contributed by atoms with E-state index in [1.54, 1.807) is 0 Å². The number of halogens is 1. The number of thioether (sulfide) groups is 1.